The quantitative estimate of drug-likeness (QED) is 0.522. The highest BCUT2D eigenvalue weighted by Crippen LogP contribution is 2.37. The number of fused-ring (bicyclic) bond motifs is 2. The zero-order chi connectivity index (χ0) is 18.5. The number of halogens is 1. The zero-order valence-corrected chi connectivity index (χ0v) is 15.5. The molecule has 0 unspecified atom stereocenters. The van der Waals surface area contributed by atoms with Gasteiger partial charge in [0.25, 0.3) is 0 Å². The fraction of sp³-hybridized carbons (Fsp3) is 0.211. The normalized spacial score (nSPS) is 16.7. The van der Waals surface area contributed by atoms with Gasteiger partial charge in [0, 0.05) is 24.9 Å². The van der Waals surface area contributed by atoms with Crippen LogP contribution in [-0.2, 0) is 6.42 Å². The van der Waals surface area contributed by atoms with Gasteiger partial charge in [0.1, 0.15) is 11.9 Å². The van der Waals surface area contributed by atoms with E-state index in [1.54, 1.807) is 12.4 Å². The van der Waals surface area contributed by atoms with E-state index in [4.69, 9.17) is 22.4 Å². The van der Waals surface area contributed by atoms with Crippen molar-refractivity contribution in [2.75, 3.05) is 17.2 Å². The standard InChI is InChI=1S/C19H18ClN7/c1-11-3-2-7-27-15(11)9-14(25-27)18-17-13(22-10-23-17)6-8-26(18)16-5-4-12(21)19(20)24-16/h2-5,7,9-10,18H,6,8,21H2,1H3,(H,22,23)/t18-/m1/s1. The number of aromatic nitrogens is 5. The van der Waals surface area contributed by atoms with E-state index >= 15 is 0 Å². The molecule has 0 amide bonds. The monoisotopic (exact) mass is 379 g/mol. The van der Waals surface area contributed by atoms with Gasteiger partial charge in [0.15, 0.2) is 5.15 Å². The molecule has 0 saturated heterocycles. The number of H-pyrrole nitrogens is 1. The van der Waals surface area contributed by atoms with Crippen molar-refractivity contribution in [1.82, 2.24) is 24.6 Å². The van der Waals surface area contributed by atoms with Crippen LogP contribution in [0.25, 0.3) is 5.52 Å². The first-order valence-corrected chi connectivity index (χ1v) is 9.15. The summed E-state index contributed by atoms with van der Waals surface area (Å²) in [4.78, 5) is 14.5. The second kappa shape index (κ2) is 5.99. The number of nitrogens with zero attached hydrogens (tertiary/aromatic N) is 5. The molecule has 5 rings (SSSR count). The van der Waals surface area contributed by atoms with E-state index in [9.17, 15) is 0 Å². The molecule has 0 radical (unpaired) electrons. The van der Waals surface area contributed by atoms with Crippen LogP contribution in [0.4, 0.5) is 11.5 Å². The number of hydrogen-bond donors (Lipinski definition) is 2. The minimum atomic E-state index is -0.147. The van der Waals surface area contributed by atoms with Gasteiger partial charge in [0.05, 0.1) is 28.9 Å². The van der Waals surface area contributed by atoms with Gasteiger partial charge in [-0.2, -0.15) is 5.10 Å². The third-order valence-electron chi connectivity index (χ3n) is 5.09. The summed E-state index contributed by atoms with van der Waals surface area (Å²) in [6, 6.07) is 9.74. The Kier molecular flexibility index (Phi) is 3.58. The van der Waals surface area contributed by atoms with Gasteiger partial charge in [-0.25, -0.2) is 14.5 Å². The number of rotatable bonds is 2. The van der Waals surface area contributed by atoms with Gasteiger partial charge in [0.2, 0.25) is 0 Å². The lowest BCUT2D eigenvalue weighted by Crippen LogP contribution is -2.37. The lowest BCUT2D eigenvalue weighted by molar-refractivity contribution is 0.610. The largest absolute Gasteiger partial charge is 0.396 e. The number of imidazole rings is 1. The number of aromatic amines is 1. The van der Waals surface area contributed by atoms with E-state index in [-0.39, 0.29) is 6.04 Å². The minimum Gasteiger partial charge on any atom is -0.396 e. The second-order valence-electron chi connectivity index (χ2n) is 6.75. The predicted molar refractivity (Wildman–Crippen MR) is 105 cm³/mol. The summed E-state index contributed by atoms with van der Waals surface area (Å²) in [5.41, 5.74) is 11.6. The first-order chi connectivity index (χ1) is 13.1. The third-order valence-corrected chi connectivity index (χ3v) is 5.40. The maximum Gasteiger partial charge on any atom is 0.154 e. The molecule has 136 valence electrons. The Balaban J connectivity index is 1.68. The lowest BCUT2D eigenvalue weighted by atomic mass is 9.99. The average Bonchev–Trinajstić information content (AvgIpc) is 3.30. The fourth-order valence-electron chi connectivity index (χ4n) is 3.73. The van der Waals surface area contributed by atoms with Gasteiger partial charge in [-0.1, -0.05) is 17.7 Å². The highest BCUT2D eigenvalue weighted by atomic mass is 35.5. The number of nitrogens with one attached hydrogen (secondary N) is 1. The molecule has 1 aliphatic heterocycles. The van der Waals surface area contributed by atoms with Crippen molar-refractivity contribution in [2.24, 2.45) is 0 Å². The third kappa shape index (κ3) is 2.54. The van der Waals surface area contributed by atoms with E-state index in [2.05, 4.69) is 38.9 Å². The Hall–Kier alpha value is -3.06. The van der Waals surface area contributed by atoms with E-state index < -0.39 is 0 Å². The molecule has 4 aromatic heterocycles. The van der Waals surface area contributed by atoms with Crippen molar-refractivity contribution >= 4 is 28.6 Å². The van der Waals surface area contributed by atoms with Crippen LogP contribution in [0.15, 0.2) is 42.9 Å². The maximum absolute atomic E-state index is 6.19. The first kappa shape index (κ1) is 16.1. The van der Waals surface area contributed by atoms with E-state index in [0.29, 0.717) is 10.8 Å². The summed E-state index contributed by atoms with van der Waals surface area (Å²) >= 11 is 6.19. The van der Waals surface area contributed by atoms with Crippen molar-refractivity contribution in [3.63, 3.8) is 0 Å². The molecule has 1 atom stereocenters. The Bertz CT molecular complexity index is 1150. The fourth-order valence-corrected chi connectivity index (χ4v) is 3.88. The second-order valence-corrected chi connectivity index (χ2v) is 7.11. The highest BCUT2D eigenvalue weighted by Gasteiger charge is 2.34. The zero-order valence-electron chi connectivity index (χ0n) is 14.7. The molecule has 0 aromatic carbocycles. The van der Waals surface area contributed by atoms with Gasteiger partial charge < -0.3 is 15.6 Å². The SMILES string of the molecule is Cc1cccn2nc([C@@H]3c4nc[nH]c4CCN3c3ccc(N)c(Cl)n3)cc12. The van der Waals surface area contributed by atoms with Gasteiger partial charge in [-0.15, -0.1) is 0 Å². The molecule has 0 aliphatic carbocycles. The van der Waals surface area contributed by atoms with Crippen molar-refractivity contribution in [2.45, 2.75) is 19.4 Å². The van der Waals surface area contributed by atoms with Crippen molar-refractivity contribution in [3.8, 4) is 0 Å². The lowest BCUT2D eigenvalue weighted by Gasteiger charge is -2.35. The number of hydrogen-bond acceptors (Lipinski definition) is 5. The van der Waals surface area contributed by atoms with Crippen LogP contribution in [0, 0.1) is 6.92 Å². The molecule has 1 aliphatic rings. The van der Waals surface area contributed by atoms with E-state index in [1.807, 2.05) is 22.8 Å². The number of anilines is 2. The Labute approximate surface area is 160 Å². The number of pyridine rings is 2. The van der Waals surface area contributed by atoms with E-state index in [0.717, 1.165) is 41.4 Å². The summed E-state index contributed by atoms with van der Waals surface area (Å²) in [5.74, 6) is 0.765. The molecule has 27 heavy (non-hydrogen) atoms. The number of aryl methyl sites for hydroxylation is 1. The Morgan fingerprint density at radius 2 is 2.19 bits per heavy atom. The molecule has 4 aromatic rings. The number of nitrogen functional groups attached to an aromatic ring is 1. The molecule has 3 N–H and O–H groups in total. The van der Waals surface area contributed by atoms with E-state index in [1.165, 1.54) is 5.56 Å². The van der Waals surface area contributed by atoms with Crippen LogP contribution in [0.1, 0.15) is 28.7 Å². The van der Waals surface area contributed by atoms with Crippen molar-refractivity contribution in [1.29, 1.82) is 0 Å². The topological polar surface area (TPSA) is 88.1 Å². The first-order valence-electron chi connectivity index (χ1n) is 8.77. The molecule has 8 heteroatoms. The molecule has 0 saturated carbocycles. The molecule has 0 bridgehead atoms. The summed E-state index contributed by atoms with van der Waals surface area (Å²) in [6.45, 7) is 2.86. The molecular weight excluding hydrogens is 362 g/mol. The van der Waals surface area contributed by atoms with Gasteiger partial charge >= 0.3 is 0 Å². The summed E-state index contributed by atoms with van der Waals surface area (Å²) in [5, 5.41) is 5.14. The smallest absolute Gasteiger partial charge is 0.154 e. The summed E-state index contributed by atoms with van der Waals surface area (Å²) in [7, 11) is 0. The molecule has 5 heterocycles. The Morgan fingerprint density at radius 1 is 1.30 bits per heavy atom. The van der Waals surface area contributed by atoms with Crippen LogP contribution < -0.4 is 10.6 Å². The minimum absolute atomic E-state index is 0.147. The molecule has 0 fully saturated rings. The van der Waals surface area contributed by atoms with Crippen LogP contribution in [-0.4, -0.2) is 31.1 Å². The molecular formula is C19H18ClN7. The maximum atomic E-state index is 6.19. The summed E-state index contributed by atoms with van der Waals surface area (Å²) < 4.78 is 1.91. The van der Waals surface area contributed by atoms with Crippen LogP contribution in [0.5, 0.6) is 0 Å². The van der Waals surface area contributed by atoms with Gasteiger partial charge in [-0.05, 0) is 36.8 Å². The number of nitrogens with two attached hydrogens (primary N) is 1. The van der Waals surface area contributed by atoms with Crippen molar-refractivity contribution in [3.05, 3.63) is 70.7 Å². The van der Waals surface area contributed by atoms with Crippen LogP contribution in [0.3, 0.4) is 0 Å². The summed E-state index contributed by atoms with van der Waals surface area (Å²) in [6.07, 6.45) is 4.55. The Morgan fingerprint density at radius 3 is 3.00 bits per heavy atom. The van der Waals surface area contributed by atoms with Crippen LogP contribution >= 0.6 is 11.6 Å². The average molecular weight is 380 g/mol. The molecule has 7 nitrogen and oxygen atoms in total. The molecule has 0 spiro atoms. The van der Waals surface area contributed by atoms with Crippen molar-refractivity contribution < 1.29 is 0 Å². The van der Waals surface area contributed by atoms with Gasteiger partial charge in [-0.3, -0.25) is 0 Å². The van der Waals surface area contributed by atoms with Crippen LogP contribution in [0.2, 0.25) is 5.15 Å². The highest BCUT2D eigenvalue weighted by molar-refractivity contribution is 6.31. The predicted octanol–water partition coefficient (Wildman–Crippen LogP) is 3.15.